The van der Waals surface area contributed by atoms with Crippen LogP contribution in [0.3, 0.4) is 0 Å². The number of aryl methyl sites for hydroxylation is 1. The van der Waals surface area contributed by atoms with Crippen molar-refractivity contribution >= 4 is 17.3 Å². The zero-order valence-electron chi connectivity index (χ0n) is 8.73. The van der Waals surface area contributed by atoms with Gasteiger partial charge in [0.05, 0.1) is 0 Å². The molecule has 0 aliphatic carbocycles. The van der Waals surface area contributed by atoms with Crippen molar-refractivity contribution in [1.29, 1.82) is 0 Å². The third-order valence-corrected chi connectivity index (χ3v) is 2.17. The summed E-state index contributed by atoms with van der Waals surface area (Å²) in [5.74, 6) is -0.304. The van der Waals surface area contributed by atoms with Crippen LogP contribution in [0.1, 0.15) is 16.1 Å². The first-order chi connectivity index (χ1) is 7.66. The minimum absolute atomic E-state index is 0.247. The average molecular weight is 217 g/mol. The van der Waals surface area contributed by atoms with Gasteiger partial charge in [-0.3, -0.25) is 4.79 Å². The van der Waals surface area contributed by atoms with Gasteiger partial charge < -0.3 is 15.6 Å². The lowest BCUT2D eigenvalue weighted by molar-refractivity contribution is 0.101. The number of nitrogens with two attached hydrogens (primary N) is 1. The SMILES string of the molecule is Cc1cc(N)ccc1NC(=O)c1ccon1. The Morgan fingerprint density at radius 2 is 2.25 bits per heavy atom. The second-order valence-electron chi connectivity index (χ2n) is 3.41. The Morgan fingerprint density at radius 3 is 2.88 bits per heavy atom. The van der Waals surface area contributed by atoms with E-state index in [0.29, 0.717) is 11.4 Å². The molecule has 0 aliphatic rings. The summed E-state index contributed by atoms with van der Waals surface area (Å²) < 4.78 is 4.59. The van der Waals surface area contributed by atoms with Crippen LogP contribution in [0.15, 0.2) is 35.1 Å². The zero-order chi connectivity index (χ0) is 11.5. The summed E-state index contributed by atoms with van der Waals surface area (Å²) >= 11 is 0. The molecule has 16 heavy (non-hydrogen) atoms. The molecule has 0 atom stereocenters. The van der Waals surface area contributed by atoms with Gasteiger partial charge in [-0.25, -0.2) is 0 Å². The number of amides is 1. The Bertz CT molecular complexity index is 506. The monoisotopic (exact) mass is 217 g/mol. The first-order valence-electron chi connectivity index (χ1n) is 4.74. The van der Waals surface area contributed by atoms with E-state index in [4.69, 9.17) is 5.73 Å². The molecule has 0 radical (unpaired) electrons. The summed E-state index contributed by atoms with van der Waals surface area (Å²) in [7, 11) is 0. The Kier molecular flexibility index (Phi) is 2.59. The van der Waals surface area contributed by atoms with E-state index in [0.717, 1.165) is 5.56 Å². The molecule has 0 spiro atoms. The highest BCUT2D eigenvalue weighted by Gasteiger charge is 2.10. The lowest BCUT2D eigenvalue weighted by Gasteiger charge is -2.07. The first kappa shape index (κ1) is 10.2. The molecule has 82 valence electrons. The molecule has 5 heteroatoms. The number of anilines is 2. The van der Waals surface area contributed by atoms with Crippen LogP contribution in [0.4, 0.5) is 11.4 Å². The van der Waals surface area contributed by atoms with Crippen molar-refractivity contribution in [3.63, 3.8) is 0 Å². The third-order valence-electron chi connectivity index (χ3n) is 2.17. The minimum Gasteiger partial charge on any atom is -0.399 e. The van der Waals surface area contributed by atoms with Crippen molar-refractivity contribution < 1.29 is 9.32 Å². The van der Waals surface area contributed by atoms with E-state index in [9.17, 15) is 4.79 Å². The lowest BCUT2D eigenvalue weighted by atomic mass is 10.2. The first-order valence-corrected chi connectivity index (χ1v) is 4.74. The molecule has 1 aromatic heterocycles. The van der Waals surface area contributed by atoms with Crippen molar-refractivity contribution in [3.8, 4) is 0 Å². The van der Waals surface area contributed by atoms with E-state index in [-0.39, 0.29) is 11.6 Å². The summed E-state index contributed by atoms with van der Waals surface area (Å²) in [6, 6.07) is 6.77. The van der Waals surface area contributed by atoms with Gasteiger partial charge in [0, 0.05) is 17.4 Å². The zero-order valence-corrected chi connectivity index (χ0v) is 8.73. The summed E-state index contributed by atoms with van der Waals surface area (Å²) in [4.78, 5) is 11.6. The normalized spacial score (nSPS) is 10.1. The minimum atomic E-state index is -0.304. The molecular weight excluding hydrogens is 206 g/mol. The Morgan fingerprint density at radius 1 is 1.44 bits per heavy atom. The molecule has 0 fully saturated rings. The molecule has 0 unspecified atom stereocenters. The maximum atomic E-state index is 11.6. The summed E-state index contributed by atoms with van der Waals surface area (Å²) in [6.45, 7) is 1.87. The van der Waals surface area contributed by atoms with Crippen LogP contribution in [0.25, 0.3) is 0 Å². The maximum absolute atomic E-state index is 11.6. The van der Waals surface area contributed by atoms with Crippen LogP contribution >= 0.6 is 0 Å². The van der Waals surface area contributed by atoms with E-state index in [2.05, 4.69) is 15.0 Å². The molecule has 2 rings (SSSR count). The predicted molar refractivity (Wildman–Crippen MR) is 60.0 cm³/mol. The number of nitrogens with zero attached hydrogens (tertiary/aromatic N) is 1. The van der Waals surface area contributed by atoms with Gasteiger partial charge in [-0.2, -0.15) is 0 Å². The van der Waals surface area contributed by atoms with Gasteiger partial charge in [0.25, 0.3) is 5.91 Å². The summed E-state index contributed by atoms with van der Waals surface area (Å²) in [5.41, 5.74) is 8.13. The molecule has 3 N–H and O–H groups in total. The van der Waals surface area contributed by atoms with Crippen LogP contribution in [0.5, 0.6) is 0 Å². The van der Waals surface area contributed by atoms with Crippen molar-refractivity contribution in [3.05, 3.63) is 41.8 Å². The van der Waals surface area contributed by atoms with E-state index in [1.165, 1.54) is 12.3 Å². The fourth-order valence-corrected chi connectivity index (χ4v) is 1.34. The number of nitrogens with one attached hydrogen (secondary N) is 1. The fourth-order valence-electron chi connectivity index (χ4n) is 1.34. The van der Waals surface area contributed by atoms with E-state index < -0.39 is 0 Å². The molecule has 5 nitrogen and oxygen atoms in total. The van der Waals surface area contributed by atoms with E-state index in [1.54, 1.807) is 18.2 Å². The fraction of sp³-hybridized carbons (Fsp3) is 0.0909. The largest absolute Gasteiger partial charge is 0.399 e. The van der Waals surface area contributed by atoms with Crippen LogP contribution in [0, 0.1) is 6.92 Å². The number of rotatable bonds is 2. The van der Waals surface area contributed by atoms with Gasteiger partial charge in [-0.05, 0) is 30.7 Å². The number of hydrogen-bond donors (Lipinski definition) is 2. The number of aromatic nitrogens is 1. The van der Waals surface area contributed by atoms with E-state index >= 15 is 0 Å². The molecular formula is C11H11N3O2. The van der Waals surface area contributed by atoms with Gasteiger partial charge in [0.2, 0.25) is 0 Å². The average Bonchev–Trinajstić information content (AvgIpc) is 2.75. The highest BCUT2D eigenvalue weighted by atomic mass is 16.5. The van der Waals surface area contributed by atoms with Gasteiger partial charge >= 0.3 is 0 Å². The molecule has 1 aromatic carbocycles. The molecule has 1 heterocycles. The topological polar surface area (TPSA) is 81.1 Å². The third kappa shape index (κ3) is 2.03. The van der Waals surface area contributed by atoms with E-state index in [1.807, 2.05) is 6.92 Å². The Labute approximate surface area is 92.2 Å². The standard InChI is InChI=1S/C11H11N3O2/c1-7-6-8(12)2-3-9(7)13-11(15)10-4-5-16-14-10/h2-6H,12H2,1H3,(H,13,15). The molecule has 0 saturated carbocycles. The summed E-state index contributed by atoms with van der Waals surface area (Å²) in [5, 5.41) is 6.27. The Hall–Kier alpha value is -2.30. The second-order valence-corrected chi connectivity index (χ2v) is 3.41. The summed E-state index contributed by atoms with van der Waals surface area (Å²) in [6.07, 6.45) is 1.35. The van der Waals surface area contributed by atoms with Gasteiger partial charge in [-0.1, -0.05) is 5.16 Å². The molecule has 1 amide bonds. The van der Waals surface area contributed by atoms with Crippen molar-refractivity contribution in [2.45, 2.75) is 6.92 Å². The lowest BCUT2D eigenvalue weighted by Crippen LogP contribution is -2.13. The molecule has 0 saturated heterocycles. The van der Waals surface area contributed by atoms with Crippen LogP contribution < -0.4 is 11.1 Å². The highest BCUT2D eigenvalue weighted by molar-refractivity contribution is 6.03. The highest BCUT2D eigenvalue weighted by Crippen LogP contribution is 2.18. The van der Waals surface area contributed by atoms with Gasteiger partial charge in [-0.15, -0.1) is 0 Å². The second kappa shape index (κ2) is 4.06. The van der Waals surface area contributed by atoms with Gasteiger partial charge in [0.1, 0.15) is 6.26 Å². The Balaban J connectivity index is 2.18. The van der Waals surface area contributed by atoms with Crippen LogP contribution in [0.2, 0.25) is 0 Å². The van der Waals surface area contributed by atoms with Crippen molar-refractivity contribution in [2.24, 2.45) is 0 Å². The number of carbonyl (C=O) groups is 1. The van der Waals surface area contributed by atoms with Crippen molar-refractivity contribution in [1.82, 2.24) is 5.16 Å². The number of hydrogen-bond acceptors (Lipinski definition) is 4. The maximum Gasteiger partial charge on any atom is 0.277 e. The van der Waals surface area contributed by atoms with Crippen LogP contribution in [-0.2, 0) is 0 Å². The van der Waals surface area contributed by atoms with Crippen LogP contribution in [-0.4, -0.2) is 11.1 Å². The molecule has 2 aromatic rings. The number of carbonyl (C=O) groups excluding carboxylic acids is 1. The smallest absolute Gasteiger partial charge is 0.277 e. The van der Waals surface area contributed by atoms with Crippen molar-refractivity contribution in [2.75, 3.05) is 11.1 Å². The molecule has 0 aliphatic heterocycles. The quantitative estimate of drug-likeness (QED) is 0.752. The van der Waals surface area contributed by atoms with Gasteiger partial charge in [0.15, 0.2) is 5.69 Å². The number of nitrogen functional groups attached to an aromatic ring is 1. The molecule has 0 bridgehead atoms. The predicted octanol–water partition coefficient (Wildman–Crippen LogP) is 1.82. The number of benzene rings is 1.